The average Bonchev–Trinajstić information content (AvgIpc) is 2.71. The molecule has 1 aromatic heterocycles. The van der Waals surface area contributed by atoms with Crippen LogP contribution in [0.4, 0.5) is 0 Å². The molecule has 0 radical (unpaired) electrons. The van der Waals surface area contributed by atoms with Gasteiger partial charge in [0.15, 0.2) is 11.5 Å². The van der Waals surface area contributed by atoms with Crippen molar-refractivity contribution < 1.29 is 45.7 Å². The van der Waals surface area contributed by atoms with Crippen molar-refractivity contribution in [3.8, 4) is 34.3 Å². The smallest absolute Gasteiger partial charge is 0.369 e. The Kier molecular flexibility index (Phi) is 6.53. The Bertz CT molecular complexity index is 1020. The van der Waals surface area contributed by atoms with Gasteiger partial charge >= 0.3 is 17.3 Å². The van der Waals surface area contributed by atoms with E-state index >= 15 is 0 Å². The highest BCUT2D eigenvalue weighted by Crippen LogP contribution is 2.38. The predicted octanol–water partition coefficient (Wildman–Crippen LogP) is 1.12. The first kappa shape index (κ1) is 21.1. The molecule has 0 atom stereocenters. The summed E-state index contributed by atoms with van der Waals surface area (Å²) >= 11 is 0. The van der Waals surface area contributed by atoms with Gasteiger partial charge in [-0.25, -0.2) is 9.21 Å². The van der Waals surface area contributed by atoms with E-state index in [2.05, 4.69) is 0 Å². The fourth-order valence-corrected chi connectivity index (χ4v) is 2.84. The van der Waals surface area contributed by atoms with Crippen molar-refractivity contribution in [3.05, 3.63) is 42.0 Å². The van der Waals surface area contributed by atoms with Crippen LogP contribution in [0.3, 0.4) is 0 Å². The van der Waals surface area contributed by atoms with E-state index in [1.54, 1.807) is 37.4 Å². The molecule has 0 bridgehead atoms. The first-order valence-electron chi connectivity index (χ1n) is 8.01. The number of carboxylic acids is 1. The molecule has 0 amide bonds. The van der Waals surface area contributed by atoms with Crippen LogP contribution in [-0.4, -0.2) is 39.5 Å². The Morgan fingerprint density at radius 3 is 2.11 bits per heavy atom. The van der Waals surface area contributed by atoms with E-state index in [0.29, 0.717) is 45.3 Å². The largest absolute Gasteiger partial charge is 1.00 e. The van der Waals surface area contributed by atoms with Crippen molar-refractivity contribution in [1.29, 1.82) is 0 Å². The topological polar surface area (TPSA) is 85.5 Å². The lowest BCUT2D eigenvalue weighted by Crippen LogP contribution is -3.00. The van der Waals surface area contributed by atoms with Crippen molar-refractivity contribution in [1.82, 2.24) is 0 Å². The standard InChI is InChI=1S/C20H18O7.ClH/c1-23-12-8-17(26-4)19-13(20(21)22)10-15(27-18(19)9-12)11-5-6-14(24-2)16(7-11)25-3;/h5-10H,1-4H3;1H. The van der Waals surface area contributed by atoms with Crippen LogP contribution in [0.15, 0.2) is 40.8 Å². The molecule has 0 aliphatic carbocycles. The molecule has 0 saturated heterocycles. The van der Waals surface area contributed by atoms with Crippen molar-refractivity contribution in [3.63, 3.8) is 0 Å². The highest BCUT2D eigenvalue weighted by molar-refractivity contribution is 6.06. The number of hydrogen-bond donors (Lipinski definition) is 1. The molecule has 3 aromatic rings. The Morgan fingerprint density at radius 2 is 1.54 bits per heavy atom. The third-order valence-corrected chi connectivity index (χ3v) is 4.16. The summed E-state index contributed by atoms with van der Waals surface area (Å²) in [5.74, 6) is 1.17. The summed E-state index contributed by atoms with van der Waals surface area (Å²) in [7, 11) is 6.04. The first-order valence-corrected chi connectivity index (χ1v) is 8.01. The summed E-state index contributed by atoms with van der Waals surface area (Å²) in [5.41, 5.74) is 1.02. The van der Waals surface area contributed by atoms with E-state index in [-0.39, 0.29) is 18.0 Å². The number of hydrogen-bond acceptors (Lipinski definition) is 5. The van der Waals surface area contributed by atoms with E-state index in [1.165, 1.54) is 27.4 Å². The third kappa shape index (κ3) is 3.75. The maximum atomic E-state index is 11.9. The molecule has 0 fully saturated rings. The molecule has 7 nitrogen and oxygen atoms in total. The van der Waals surface area contributed by atoms with E-state index < -0.39 is 5.97 Å². The van der Waals surface area contributed by atoms with Gasteiger partial charge in [-0.1, -0.05) is 0 Å². The Morgan fingerprint density at radius 1 is 0.857 bits per heavy atom. The zero-order valence-corrected chi connectivity index (χ0v) is 16.5. The summed E-state index contributed by atoms with van der Waals surface area (Å²) in [5, 5.41) is 10.1. The molecule has 3 rings (SSSR count). The molecule has 2 aromatic carbocycles. The summed E-state index contributed by atoms with van der Waals surface area (Å²) in [6, 6.07) is 9.89. The SMILES string of the molecule is COc1cc(OC)c2c(C(=O)O)cc(-c3ccc(OC)c(OC)c3)[o+]c2c1.[Cl-]. The number of aromatic carboxylic acids is 1. The fourth-order valence-electron chi connectivity index (χ4n) is 2.84. The van der Waals surface area contributed by atoms with Gasteiger partial charge < -0.3 is 36.5 Å². The van der Waals surface area contributed by atoms with Gasteiger partial charge in [-0.2, -0.15) is 0 Å². The first-order chi connectivity index (χ1) is 13.0. The molecule has 1 N–H and O–H groups in total. The van der Waals surface area contributed by atoms with Gasteiger partial charge in [0.2, 0.25) is 0 Å². The molecule has 0 aliphatic rings. The van der Waals surface area contributed by atoms with Crippen LogP contribution in [0.25, 0.3) is 22.3 Å². The summed E-state index contributed by atoms with van der Waals surface area (Å²) in [6.45, 7) is 0. The van der Waals surface area contributed by atoms with E-state index in [9.17, 15) is 9.90 Å². The zero-order chi connectivity index (χ0) is 19.6. The van der Waals surface area contributed by atoms with Crippen LogP contribution < -0.4 is 31.4 Å². The number of rotatable bonds is 6. The highest BCUT2D eigenvalue weighted by Gasteiger charge is 2.27. The third-order valence-electron chi connectivity index (χ3n) is 4.16. The van der Waals surface area contributed by atoms with Crippen LogP contribution in [0.1, 0.15) is 10.4 Å². The molecule has 148 valence electrons. The van der Waals surface area contributed by atoms with Crippen LogP contribution in [0.5, 0.6) is 23.0 Å². The maximum absolute atomic E-state index is 11.9. The number of methoxy groups -OCH3 is 4. The lowest BCUT2D eigenvalue weighted by molar-refractivity contribution is -0.0000224. The molecule has 0 saturated carbocycles. The maximum Gasteiger partial charge on any atom is 0.369 e. The Hall–Kier alpha value is -3.19. The fraction of sp³-hybridized carbons (Fsp3) is 0.200. The zero-order valence-electron chi connectivity index (χ0n) is 15.7. The number of halogens is 1. The minimum atomic E-state index is -1.10. The molecule has 0 unspecified atom stereocenters. The van der Waals surface area contributed by atoms with Gasteiger partial charge in [-0.3, -0.25) is 0 Å². The summed E-state index contributed by atoms with van der Waals surface area (Å²) in [4.78, 5) is 11.9. The van der Waals surface area contributed by atoms with Crippen LogP contribution in [0.2, 0.25) is 0 Å². The minimum absolute atomic E-state index is 0. The molecule has 8 heteroatoms. The summed E-state index contributed by atoms with van der Waals surface area (Å²) in [6.07, 6.45) is 0. The molecular formula is C20H19ClO7. The Labute approximate surface area is 167 Å². The lowest BCUT2D eigenvalue weighted by atomic mass is 10.0. The molecule has 28 heavy (non-hydrogen) atoms. The van der Waals surface area contributed by atoms with Gasteiger partial charge in [-0.05, 0) is 12.1 Å². The molecule has 0 spiro atoms. The van der Waals surface area contributed by atoms with Crippen molar-refractivity contribution in [2.45, 2.75) is 0 Å². The van der Waals surface area contributed by atoms with E-state index in [0.717, 1.165) is 0 Å². The molecule has 0 aliphatic heterocycles. The predicted molar refractivity (Wildman–Crippen MR) is 99.2 cm³/mol. The quantitative estimate of drug-likeness (QED) is 0.614. The van der Waals surface area contributed by atoms with Crippen LogP contribution >= 0.6 is 0 Å². The second-order valence-corrected chi connectivity index (χ2v) is 5.60. The van der Waals surface area contributed by atoms with E-state index in [1.807, 2.05) is 0 Å². The lowest BCUT2D eigenvalue weighted by Gasteiger charge is -2.08. The normalized spacial score (nSPS) is 10.1. The number of carboxylic acid groups (broad SMARTS) is 1. The highest BCUT2D eigenvalue weighted by atomic mass is 35.5. The second-order valence-electron chi connectivity index (χ2n) is 5.60. The second kappa shape index (κ2) is 8.67. The van der Waals surface area contributed by atoms with Crippen LogP contribution in [0, 0.1) is 0 Å². The monoisotopic (exact) mass is 406 g/mol. The Balaban J connectivity index is 0.00000280. The van der Waals surface area contributed by atoms with Crippen LogP contribution in [-0.2, 0) is 0 Å². The van der Waals surface area contributed by atoms with Gasteiger partial charge in [0.05, 0.1) is 51.7 Å². The van der Waals surface area contributed by atoms with Gasteiger partial charge in [0.25, 0.3) is 0 Å². The van der Waals surface area contributed by atoms with Gasteiger partial charge in [0.1, 0.15) is 16.9 Å². The molecular weight excluding hydrogens is 388 g/mol. The minimum Gasteiger partial charge on any atom is -1.00 e. The average molecular weight is 407 g/mol. The number of ether oxygens (including phenoxy) is 4. The summed E-state index contributed by atoms with van der Waals surface area (Å²) < 4.78 is 27.1. The van der Waals surface area contributed by atoms with Gasteiger partial charge in [0, 0.05) is 12.1 Å². The van der Waals surface area contributed by atoms with Crippen molar-refractivity contribution in [2.75, 3.05) is 28.4 Å². The number of carbonyl (C=O) groups is 1. The van der Waals surface area contributed by atoms with Crippen molar-refractivity contribution >= 4 is 16.9 Å². The molecule has 1 heterocycles. The van der Waals surface area contributed by atoms with E-state index in [4.69, 9.17) is 23.4 Å². The van der Waals surface area contributed by atoms with Crippen molar-refractivity contribution in [2.24, 2.45) is 0 Å². The number of benzene rings is 2. The number of fused-ring (bicyclic) bond motifs is 1. The van der Waals surface area contributed by atoms with Gasteiger partial charge in [-0.15, -0.1) is 0 Å².